The maximum absolute atomic E-state index is 12.4. The third-order valence-electron chi connectivity index (χ3n) is 6.85. The van der Waals surface area contributed by atoms with Gasteiger partial charge in [0.25, 0.3) is 5.91 Å². The van der Waals surface area contributed by atoms with E-state index in [1.807, 2.05) is 41.1 Å². The number of nitrogens with one attached hydrogen (secondary N) is 1. The minimum Gasteiger partial charge on any atom is -0.497 e. The van der Waals surface area contributed by atoms with Gasteiger partial charge in [-0.15, -0.1) is 0 Å². The fraction of sp³-hybridized carbons (Fsp3) is 0.423. The Morgan fingerprint density at radius 3 is 2.61 bits per heavy atom. The number of carbonyl (C=O) groups excluding carboxylic acids is 1. The average molecular weight is 446 g/mol. The molecule has 7 heteroatoms. The van der Waals surface area contributed by atoms with Crippen LogP contribution in [0.2, 0.25) is 0 Å². The number of anilines is 1. The minimum absolute atomic E-state index is 0.423. The predicted molar refractivity (Wildman–Crippen MR) is 129 cm³/mol. The van der Waals surface area contributed by atoms with Crippen LogP contribution in [0, 0.1) is 0 Å². The Balaban J connectivity index is 1.56. The maximum atomic E-state index is 12.4. The summed E-state index contributed by atoms with van der Waals surface area (Å²) in [5.74, 6) is 1.05. The van der Waals surface area contributed by atoms with Gasteiger partial charge in [0.05, 0.1) is 18.5 Å². The summed E-state index contributed by atoms with van der Waals surface area (Å²) in [6.07, 6.45) is 10.9. The normalized spacial score (nSPS) is 15.9. The Hall–Kier alpha value is -3.35. The summed E-state index contributed by atoms with van der Waals surface area (Å²) >= 11 is 0. The molecule has 0 saturated heterocycles. The van der Waals surface area contributed by atoms with Crippen molar-refractivity contribution in [2.45, 2.75) is 64.0 Å². The Bertz CT molecular complexity index is 1150. The van der Waals surface area contributed by atoms with Crippen LogP contribution in [0.25, 0.3) is 11.4 Å². The zero-order valence-corrected chi connectivity index (χ0v) is 19.1. The number of hydrogen-bond acceptors (Lipinski definition) is 5. The van der Waals surface area contributed by atoms with Gasteiger partial charge in [0.15, 0.2) is 0 Å². The molecule has 1 fully saturated rings. The number of hydrogen-bond donors (Lipinski definition) is 2. The number of aryl methyl sites for hydroxylation is 2. The Labute approximate surface area is 194 Å². The van der Waals surface area contributed by atoms with E-state index in [1.54, 1.807) is 7.11 Å². The van der Waals surface area contributed by atoms with Crippen LogP contribution in [-0.2, 0) is 19.4 Å². The second-order valence-corrected chi connectivity index (χ2v) is 9.10. The number of amides is 1. The zero-order valence-electron chi connectivity index (χ0n) is 19.1. The van der Waals surface area contributed by atoms with E-state index in [9.17, 15) is 4.79 Å². The van der Waals surface area contributed by atoms with Crippen LogP contribution < -0.4 is 15.8 Å². The van der Waals surface area contributed by atoms with Gasteiger partial charge >= 0.3 is 0 Å². The molecule has 0 aliphatic heterocycles. The SMILES string of the molecule is COc1ccc(Cn2c(C(N)=O)cc3c2-c2nc(NC4CCCCC4)ncc2CCC3)cc1. The number of carbonyl (C=O) groups is 1. The molecule has 7 nitrogen and oxygen atoms in total. The van der Waals surface area contributed by atoms with Crippen molar-refractivity contribution in [2.24, 2.45) is 5.73 Å². The lowest BCUT2D eigenvalue weighted by Gasteiger charge is -2.23. The first-order valence-electron chi connectivity index (χ1n) is 11.9. The molecule has 5 rings (SSSR count). The van der Waals surface area contributed by atoms with Gasteiger partial charge in [-0.2, -0.15) is 0 Å². The maximum Gasteiger partial charge on any atom is 0.265 e. The molecule has 0 bridgehead atoms. The van der Waals surface area contributed by atoms with Gasteiger partial charge in [0.2, 0.25) is 5.95 Å². The molecular weight excluding hydrogens is 414 g/mol. The topological polar surface area (TPSA) is 95.1 Å². The molecule has 0 spiro atoms. The van der Waals surface area contributed by atoms with Crippen LogP contribution in [0.15, 0.2) is 36.5 Å². The second kappa shape index (κ2) is 9.25. The molecule has 3 aromatic rings. The molecule has 2 aliphatic carbocycles. The molecular formula is C26H31N5O2. The van der Waals surface area contributed by atoms with Crippen LogP contribution in [-0.4, -0.2) is 33.6 Å². The van der Waals surface area contributed by atoms with E-state index < -0.39 is 5.91 Å². The van der Waals surface area contributed by atoms with Gasteiger partial charge in [0, 0.05) is 18.8 Å². The molecule has 1 aromatic carbocycles. The van der Waals surface area contributed by atoms with Crippen LogP contribution in [0.4, 0.5) is 5.95 Å². The highest BCUT2D eigenvalue weighted by molar-refractivity contribution is 5.93. The quantitative estimate of drug-likeness (QED) is 0.589. The predicted octanol–water partition coefficient (Wildman–Crippen LogP) is 4.33. The minimum atomic E-state index is -0.423. The highest BCUT2D eigenvalue weighted by Gasteiger charge is 2.26. The summed E-state index contributed by atoms with van der Waals surface area (Å²) in [6.45, 7) is 0.534. The van der Waals surface area contributed by atoms with Crippen molar-refractivity contribution >= 4 is 11.9 Å². The van der Waals surface area contributed by atoms with Gasteiger partial charge in [-0.25, -0.2) is 9.97 Å². The highest BCUT2D eigenvalue weighted by atomic mass is 16.5. The lowest BCUT2D eigenvalue weighted by molar-refractivity contribution is 0.0992. The van der Waals surface area contributed by atoms with Crippen molar-refractivity contribution in [3.63, 3.8) is 0 Å². The van der Waals surface area contributed by atoms with Crippen LogP contribution >= 0.6 is 0 Å². The molecule has 0 unspecified atom stereocenters. The van der Waals surface area contributed by atoms with Gasteiger partial charge in [-0.3, -0.25) is 4.79 Å². The zero-order chi connectivity index (χ0) is 22.8. The Morgan fingerprint density at radius 2 is 1.88 bits per heavy atom. The lowest BCUT2D eigenvalue weighted by Crippen LogP contribution is -2.24. The molecule has 3 N–H and O–H groups in total. The van der Waals surface area contributed by atoms with E-state index in [2.05, 4.69) is 10.3 Å². The van der Waals surface area contributed by atoms with Gasteiger partial charge in [0.1, 0.15) is 11.4 Å². The van der Waals surface area contributed by atoms with E-state index in [0.29, 0.717) is 24.2 Å². The number of aromatic nitrogens is 3. The number of rotatable bonds is 6. The number of nitrogens with zero attached hydrogens (tertiary/aromatic N) is 3. The summed E-state index contributed by atoms with van der Waals surface area (Å²) in [5, 5.41) is 3.56. The van der Waals surface area contributed by atoms with Crippen molar-refractivity contribution in [1.29, 1.82) is 0 Å². The molecule has 2 heterocycles. The largest absolute Gasteiger partial charge is 0.497 e. The van der Waals surface area contributed by atoms with E-state index in [1.165, 1.54) is 19.3 Å². The lowest BCUT2D eigenvalue weighted by atomic mass is 9.96. The molecule has 1 saturated carbocycles. The summed E-state index contributed by atoms with van der Waals surface area (Å²) in [7, 11) is 1.65. The molecule has 172 valence electrons. The van der Waals surface area contributed by atoms with Crippen molar-refractivity contribution in [3.8, 4) is 17.1 Å². The van der Waals surface area contributed by atoms with E-state index >= 15 is 0 Å². The first-order valence-corrected chi connectivity index (χ1v) is 11.9. The van der Waals surface area contributed by atoms with Crippen molar-refractivity contribution in [2.75, 3.05) is 12.4 Å². The second-order valence-electron chi connectivity index (χ2n) is 9.10. The average Bonchev–Trinajstić information content (AvgIpc) is 3.09. The van der Waals surface area contributed by atoms with E-state index in [0.717, 1.165) is 65.9 Å². The first kappa shape index (κ1) is 21.5. The molecule has 0 atom stereocenters. The number of ether oxygens (including phenoxy) is 1. The number of methoxy groups -OCH3 is 1. The monoisotopic (exact) mass is 445 g/mol. The standard InChI is InChI=1S/C26H31N5O2/c1-33-21-12-10-17(11-13-21)16-31-22(25(27)32)14-18-6-5-7-19-15-28-26(30-23(19)24(18)31)29-20-8-3-2-4-9-20/h10-15,20H,2-9,16H2,1H3,(H2,27,32)(H,28,29,30). The van der Waals surface area contributed by atoms with Crippen molar-refractivity contribution in [1.82, 2.24) is 14.5 Å². The van der Waals surface area contributed by atoms with Gasteiger partial charge in [-0.1, -0.05) is 31.4 Å². The molecule has 33 heavy (non-hydrogen) atoms. The number of fused-ring (bicyclic) bond motifs is 3. The molecule has 2 aliphatic rings. The fourth-order valence-corrected chi connectivity index (χ4v) is 5.12. The summed E-state index contributed by atoms with van der Waals surface area (Å²) in [4.78, 5) is 22.0. The van der Waals surface area contributed by atoms with Crippen LogP contribution in [0.3, 0.4) is 0 Å². The number of nitrogens with two attached hydrogens (primary N) is 1. The first-order chi connectivity index (χ1) is 16.1. The third-order valence-corrected chi connectivity index (χ3v) is 6.85. The third kappa shape index (κ3) is 4.45. The van der Waals surface area contributed by atoms with Gasteiger partial charge < -0.3 is 20.4 Å². The van der Waals surface area contributed by atoms with Crippen molar-refractivity contribution in [3.05, 3.63) is 58.9 Å². The molecule has 2 aromatic heterocycles. The number of benzene rings is 1. The highest BCUT2D eigenvalue weighted by Crippen LogP contribution is 2.35. The van der Waals surface area contributed by atoms with Crippen LogP contribution in [0.1, 0.15) is 65.7 Å². The van der Waals surface area contributed by atoms with Crippen molar-refractivity contribution < 1.29 is 9.53 Å². The summed E-state index contributed by atoms with van der Waals surface area (Å²) in [6, 6.07) is 10.3. The summed E-state index contributed by atoms with van der Waals surface area (Å²) in [5.41, 5.74) is 11.5. The van der Waals surface area contributed by atoms with E-state index in [4.69, 9.17) is 15.5 Å². The fourth-order valence-electron chi connectivity index (χ4n) is 5.12. The number of primary amides is 1. The Morgan fingerprint density at radius 1 is 1.12 bits per heavy atom. The molecule has 1 amide bonds. The van der Waals surface area contributed by atoms with Crippen LogP contribution in [0.5, 0.6) is 5.75 Å². The molecule has 0 radical (unpaired) electrons. The Kier molecular flexibility index (Phi) is 6.03. The van der Waals surface area contributed by atoms with Gasteiger partial charge in [-0.05, 0) is 67.0 Å². The van der Waals surface area contributed by atoms with E-state index in [-0.39, 0.29) is 0 Å². The summed E-state index contributed by atoms with van der Waals surface area (Å²) < 4.78 is 7.32. The smallest absolute Gasteiger partial charge is 0.265 e.